The fourth-order valence-electron chi connectivity index (χ4n) is 3.13. The van der Waals surface area contributed by atoms with Crippen LogP contribution in [0.2, 0.25) is 5.02 Å². The predicted molar refractivity (Wildman–Crippen MR) is 70.7 cm³/mol. The van der Waals surface area contributed by atoms with Crippen molar-refractivity contribution in [2.45, 2.75) is 43.4 Å². The van der Waals surface area contributed by atoms with Gasteiger partial charge >= 0.3 is 0 Å². The van der Waals surface area contributed by atoms with Crippen molar-refractivity contribution in [3.05, 3.63) is 34.9 Å². The van der Waals surface area contributed by atoms with Crippen molar-refractivity contribution in [3.8, 4) is 0 Å². The lowest BCUT2D eigenvalue weighted by atomic mass is 9.83. The van der Waals surface area contributed by atoms with Gasteiger partial charge in [-0.05, 0) is 18.9 Å². The molecule has 0 amide bonds. The molecule has 2 bridgehead atoms. The number of rotatable bonds is 1. The minimum Gasteiger partial charge on any atom is -0.311 e. The van der Waals surface area contributed by atoms with Crippen LogP contribution in [0.3, 0.4) is 0 Å². The normalized spacial score (nSPS) is 35.4. The summed E-state index contributed by atoms with van der Waals surface area (Å²) in [7, 11) is 0. The van der Waals surface area contributed by atoms with E-state index in [1.807, 2.05) is 18.2 Å². The van der Waals surface area contributed by atoms with Crippen molar-refractivity contribution in [2.75, 3.05) is 0 Å². The summed E-state index contributed by atoms with van der Waals surface area (Å²) in [6.45, 7) is 0. The summed E-state index contributed by atoms with van der Waals surface area (Å²) in [6.07, 6.45) is 3.32. The Morgan fingerprint density at radius 1 is 1.18 bits per heavy atom. The van der Waals surface area contributed by atoms with Crippen molar-refractivity contribution in [2.24, 2.45) is 0 Å². The van der Waals surface area contributed by atoms with Crippen LogP contribution in [0.5, 0.6) is 0 Å². The smallest absolute Gasteiger partial charge is 0.140 e. The molecule has 0 aromatic heterocycles. The number of piperidine rings is 1. The molecule has 2 aliphatic rings. The third-order valence-electron chi connectivity index (χ3n) is 3.83. The number of benzene rings is 1. The zero-order valence-electron chi connectivity index (χ0n) is 9.46. The highest BCUT2D eigenvalue weighted by Crippen LogP contribution is 2.45. The standard InChI is InChI=1S/C13H15ClFN.ClH/c14-12-4-2-1-3-11(12)13(15)7-9-5-6-10(8-13)16-9;/h1-4,9-10,16H,5-8H2;1H. The molecule has 1 aromatic carbocycles. The molecule has 2 atom stereocenters. The first-order chi connectivity index (χ1) is 7.67. The summed E-state index contributed by atoms with van der Waals surface area (Å²) >= 11 is 6.10. The van der Waals surface area contributed by atoms with Crippen LogP contribution in [-0.4, -0.2) is 12.1 Å². The second kappa shape index (κ2) is 4.75. The van der Waals surface area contributed by atoms with E-state index in [4.69, 9.17) is 11.6 Å². The Hall–Kier alpha value is -0.310. The van der Waals surface area contributed by atoms with E-state index in [1.165, 1.54) is 0 Å². The second-order valence-corrected chi connectivity index (χ2v) is 5.40. The summed E-state index contributed by atoms with van der Waals surface area (Å²) in [4.78, 5) is 0. The van der Waals surface area contributed by atoms with Crippen LogP contribution in [-0.2, 0) is 5.67 Å². The molecule has 2 unspecified atom stereocenters. The molecule has 2 fully saturated rings. The first kappa shape index (κ1) is 13.1. The van der Waals surface area contributed by atoms with Gasteiger partial charge in [0.1, 0.15) is 5.67 Å². The molecule has 1 N–H and O–H groups in total. The van der Waals surface area contributed by atoms with Crippen LogP contribution in [0.1, 0.15) is 31.2 Å². The molecule has 4 heteroatoms. The minimum absolute atomic E-state index is 0. The first-order valence-corrected chi connectivity index (χ1v) is 6.25. The number of hydrogen-bond donors (Lipinski definition) is 1. The van der Waals surface area contributed by atoms with E-state index in [1.54, 1.807) is 6.07 Å². The molecular formula is C13H16Cl2FN. The summed E-state index contributed by atoms with van der Waals surface area (Å²) < 4.78 is 15.0. The van der Waals surface area contributed by atoms with Crippen molar-refractivity contribution in [3.63, 3.8) is 0 Å². The molecule has 0 radical (unpaired) electrons. The summed E-state index contributed by atoms with van der Waals surface area (Å²) in [5, 5.41) is 4.01. The van der Waals surface area contributed by atoms with Crippen molar-refractivity contribution in [1.29, 1.82) is 0 Å². The number of nitrogens with one attached hydrogen (secondary N) is 1. The van der Waals surface area contributed by atoms with E-state index in [9.17, 15) is 4.39 Å². The average Bonchev–Trinajstić information content (AvgIpc) is 2.59. The Balaban J connectivity index is 0.00000108. The number of alkyl halides is 1. The van der Waals surface area contributed by atoms with Crippen molar-refractivity contribution in [1.82, 2.24) is 5.32 Å². The van der Waals surface area contributed by atoms with Crippen LogP contribution >= 0.6 is 24.0 Å². The highest BCUT2D eigenvalue weighted by molar-refractivity contribution is 6.31. The van der Waals surface area contributed by atoms with Gasteiger partial charge in [0.2, 0.25) is 0 Å². The Kier molecular flexibility index (Phi) is 3.67. The highest BCUT2D eigenvalue weighted by Gasteiger charge is 2.45. The Bertz CT molecular complexity index is 398. The second-order valence-electron chi connectivity index (χ2n) is 4.99. The largest absolute Gasteiger partial charge is 0.311 e. The summed E-state index contributed by atoms with van der Waals surface area (Å²) in [5.41, 5.74) is -0.551. The molecule has 3 rings (SSSR count). The monoisotopic (exact) mass is 275 g/mol. The maximum atomic E-state index is 15.0. The fraction of sp³-hybridized carbons (Fsp3) is 0.538. The SMILES string of the molecule is Cl.FC1(c2ccccc2Cl)CC2CCC(C1)N2. The predicted octanol–water partition coefficient (Wildman–Crippen LogP) is 3.84. The molecule has 0 spiro atoms. The maximum absolute atomic E-state index is 15.0. The van der Waals surface area contributed by atoms with E-state index in [-0.39, 0.29) is 12.4 Å². The zero-order chi connectivity index (χ0) is 11.2. The van der Waals surface area contributed by atoms with Gasteiger partial charge in [0.05, 0.1) is 0 Å². The van der Waals surface area contributed by atoms with Crippen molar-refractivity contribution < 1.29 is 4.39 Å². The lowest BCUT2D eigenvalue weighted by Crippen LogP contribution is -2.44. The third-order valence-corrected chi connectivity index (χ3v) is 4.16. The number of fused-ring (bicyclic) bond motifs is 2. The lowest BCUT2D eigenvalue weighted by molar-refractivity contribution is 0.0875. The lowest BCUT2D eigenvalue weighted by Gasteiger charge is -2.35. The van der Waals surface area contributed by atoms with Gasteiger partial charge in [0.25, 0.3) is 0 Å². The highest BCUT2D eigenvalue weighted by atomic mass is 35.5. The van der Waals surface area contributed by atoms with Gasteiger partial charge in [-0.15, -0.1) is 12.4 Å². The minimum atomic E-state index is -1.23. The summed E-state index contributed by atoms with van der Waals surface area (Å²) in [6, 6.07) is 7.99. The van der Waals surface area contributed by atoms with E-state index >= 15 is 0 Å². The molecular weight excluding hydrogens is 260 g/mol. The number of hydrogen-bond acceptors (Lipinski definition) is 1. The van der Waals surface area contributed by atoms with Crippen LogP contribution in [0.15, 0.2) is 24.3 Å². The molecule has 94 valence electrons. The third kappa shape index (κ3) is 2.31. The first-order valence-electron chi connectivity index (χ1n) is 5.87. The van der Waals surface area contributed by atoms with E-state index < -0.39 is 5.67 Å². The van der Waals surface area contributed by atoms with Gasteiger partial charge in [0.15, 0.2) is 0 Å². The fourth-order valence-corrected chi connectivity index (χ4v) is 3.44. The van der Waals surface area contributed by atoms with Gasteiger partial charge < -0.3 is 5.32 Å². The molecule has 2 heterocycles. The molecule has 2 aliphatic heterocycles. The molecule has 1 nitrogen and oxygen atoms in total. The van der Waals surface area contributed by atoms with Crippen LogP contribution in [0.4, 0.5) is 4.39 Å². The van der Waals surface area contributed by atoms with Crippen molar-refractivity contribution >= 4 is 24.0 Å². The number of halogens is 3. The summed E-state index contributed by atoms with van der Waals surface area (Å²) in [5.74, 6) is 0. The average molecular weight is 276 g/mol. The molecule has 1 aromatic rings. The zero-order valence-corrected chi connectivity index (χ0v) is 11.0. The quantitative estimate of drug-likeness (QED) is 0.821. The molecule has 2 saturated heterocycles. The van der Waals surface area contributed by atoms with Gasteiger partial charge in [-0.2, -0.15) is 0 Å². The Morgan fingerprint density at radius 2 is 1.76 bits per heavy atom. The molecule has 17 heavy (non-hydrogen) atoms. The van der Waals surface area contributed by atoms with Crippen LogP contribution in [0.25, 0.3) is 0 Å². The molecule has 0 aliphatic carbocycles. The van der Waals surface area contributed by atoms with E-state index in [0.29, 0.717) is 35.5 Å². The van der Waals surface area contributed by atoms with E-state index in [0.717, 1.165) is 12.8 Å². The van der Waals surface area contributed by atoms with Crippen LogP contribution < -0.4 is 5.32 Å². The maximum Gasteiger partial charge on any atom is 0.140 e. The Morgan fingerprint density at radius 3 is 2.35 bits per heavy atom. The van der Waals surface area contributed by atoms with Crippen LogP contribution in [0, 0.1) is 0 Å². The van der Waals surface area contributed by atoms with E-state index in [2.05, 4.69) is 5.32 Å². The van der Waals surface area contributed by atoms with Gasteiger partial charge in [-0.25, -0.2) is 4.39 Å². The van der Waals surface area contributed by atoms with Gasteiger partial charge in [-0.3, -0.25) is 0 Å². The topological polar surface area (TPSA) is 12.0 Å². The van der Waals surface area contributed by atoms with Gasteiger partial charge in [-0.1, -0.05) is 29.8 Å². The van der Waals surface area contributed by atoms with Gasteiger partial charge in [0, 0.05) is 35.5 Å². The molecule has 0 saturated carbocycles. The Labute approximate surface area is 112 Å².